The van der Waals surface area contributed by atoms with Crippen LogP contribution in [0.4, 0.5) is 5.69 Å². The highest BCUT2D eigenvalue weighted by molar-refractivity contribution is 6.00. The molecule has 0 radical (unpaired) electrons. The summed E-state index contributed by atoms with van der Waals surface area (Å²) in [4.78, 5) is 15.3. The van der Waals surface area contributed by atoms with Gasteiger partial charge in [-0.3, -0.25) is 4.79 Å². The Hall–Kier alpha value is -2.01. The van der Waals surface area contributed by atoms with Gasteiger partial charge in [-0.05, 0) is 31.4 Å². The number of hydrogen-bond acceptors (Lipinski definition) is 3. The normalized spacial score (nSPS) is 16.9. The van der Waals surface area contributed by atoms with Crippen molar-refractivity contribution in [1.82, 2.24) is 10.3 Å². The lowest BCUT2D eigenvalue weighted by Gasteiger charge is -2.40. The number of anilines is 1. The number of nitrogen functional groups attached to an aromatic ring is 1. The Morgan fingerprint density at radius 1 is 1.50 bits per heavy atom. The van der Waals surface area contributed by atoms with Crippen molar-refractivity contribution in [3.8, 4) is 0 Å². The predicted molar refractivity (Wildman–Crippen MR) is 78.6 cm³/mol. The van der Waals surface area contributed by atoms with E-state index in [0.29, 0.717) is 17.9 Å². The topological polar surface area (TPSA) is 80.1 Å². The van der Waals surface area contributed by atoms with Gasteiger partial charge in [0.25, 0.3) is 5.91 Å². The number of methoxy groups -OCH3 is 1. The van der Waals surface area contributed by atoms with Gasteiger partial charge in [0.1, 0.15) is 5.69 Å². The SMILES string of the molecule is COC1(CNC(=O)c2cc3cccc(N)c3[nH]2)CCC1. The number of aromatic nitrogens is 1. The van der Waals surface area contributed by atoms with Gasteiger partial charge >= 0.3 is 0 Å². The van der Waals surface area contributed by atoms with Crippen LogP contribution in [0, 0.1) is 0 Å². The maximum Gasteiger partial charge on any atom is 0.267 e. The number of amides is 1. The van der Waals surface area contributed by atoms with E-state index in [-0.39, 0.29) is 11.5 Å². The van der Waals surface area contributed by atoms with E-state index in [9.17, 15) is 4.79 Å². The summed E-state index contributed by atoms with van der Waals surface area (Å²) >= 11 is 0. The molecule has 1 aromatic carbocycles. The molecule has 0 atom stereocenters. The first-order chi connectivity index (χ1) is 9.63. The molecule has 1 aliphatic carbocycles. The molecular weight excluding hydrogens is 254 g/mol. The first kappa shape index (κ1) is 13.0. The Balaban J connectivity index is 1.74. The van der Waals surface area contributed by atoms with Gasteiger partial charge in [-0.1, -0.05) is 12.1 Å². The minimum absolute atomic E-state index is 0.121. The molecule has 4 N–H and O–H groups in total. The number of rotatable bonds is 4. The van der Waals surface area contributed by atoms with Crippen molar-refractivity contribution in [3.05, 3.63) is 30.0 Å². The van der Waals surface area contributed by atoms with Crippen LogP contribution in [0.3, 0.4) is 0 Å². The molecule has 0 saturated heterocycles. The van der Waals surface area contributed by atoms with Gasteiger partial charge in [0.05, 0.1) is 16.8 Å². The molecule has 1 heterocycles. The second-order valence-corrected chi connectivity index (χ2v) is 5.42. The van der Waals surface area contributed by atoms with Crippen LogP contribution < -0.4 is 11.1 Å². The fraction of sp³-hybridized carbons (Fsp3) is 0.400. The molecule has 1 fully saturated rings. The Morgan fingerprint density at radius 3 is 2.90 bits per heavy atom. The van der Waals surface area contributed by atoms with Crippen LogP contribution in [0.15, 0.2) is 24.3 Å². The zero-order valence-electron chi connectivity index (χ0n) is 11.5. The van der Waals surface area contributed by atoms with E-state index in [0.717, 1.165) is 30.2 Å². The molecule has 5 heteroatoms. The first-order valence-electron chi connectivity index (χ1n) is 6.84. The number of benzene rings is 1. The van der Waals surface area contributed by atoms with Crippen LogP contribution in [0.2, 0.25) is 0 Å². The minimum Gasteiger partial charge on any atom is -0.397 e. The smallest absolute Gasteiger partial charge is 0.267 e. The average molecular weight is 273 g/mol. The lowest BCUT2D eigenvalue weighted by atomic mass is 9.80. The summed E-state index contributed by atoms with van der Waals surface area (Å²) in [5.41, 5.74) is 7.70. The van der Waals surface area contributed by atoms with E-state index in [1.807, 2.05) is 24.3 Å². The molecule has 0 aliphatic heterocycles. The maximum absolute atomic E-state index is 12.2. The Kier molecular flexibility index (Phi) is 3.14. The van der Waals surface area contributed by atoms with Gasteiger partial charge in [-0.2, -0.15) is 0 Å². The largest absolute Gasteiger partial charge is 0.397 e. The van der Waals surface area contributed by atoms with Gasteiger partial charge in [-0.25, -0.2) is 0 Å². The second-order valence-electron chi connectivity index (χ2n) is 5.42. The number of aromatic amines is 1. The highest BCUT2D eigenvalue weighted by Crippen LogP contribution is 2.34. The fourth-order valence-corrected chi connectivity index (χ4v) is 2.66. The van der Waals surface area contributed by atoms with Gasteiger partial charge in [0.15, 0.2) is 0 Å². The number of ether oxygens (including phenoxy) is 1. The number of H-pyrrole nitrogens is 1. The zero-order chi connectivity index (χ0) is 14.2. The van der Waals surface area contributed by atoms with Crippen LogP contribution in [-0.4, -0.2) is 30.1 Å². The molecule has 3 rings (SSSR count). The summed E-state index contributed by atoms with van der Waals surface area (Å²) in [5, 5.41) is 3.88. The Bertz CT molecular complexity index is 638. The first-order valence-corrected chi connectivity index (χ1v) is 6.84. The predicted octanol–water partition coefficient (Wildman–Crippen LogP) is 2.05. The molecule has 1 amide bonds. The van der Waals surface area contributed by atoms with Crippen LogP contribution >= 0.6 is 0 Å². The van der Waals surface area contributed by atoms with Crippen molar-refractivity contribution in [2.75, 3.05) is 19.4 Å². The quantitative estimate of drug-likeness (QED) is 0.746. The van der Waals surface area contributed by atoms with E-state index in [4.69, 9.17) is 10.5 Å². The minimum atomic E-state index is -0.166. The molecular formula is C15H19N3O2. The van der Waals surface area contributed by atoms with Crippen molar-refractivity contribution >= 4 is 22.5 Å². The summed E-state index contributed by atoms with van der Waals surface area (Å²) < 4.78 is 5.49. The van der Waals surface area contributed by atoms with Crippen molar-refractivity contribution in [3.63, 3.8) is 0 Å². The van der Waals surface area contributed by atoms with E-state index in [1.165, 1.54) is 0 Å². The Morgan fingerprint density at radius 2 is 2.30 bits per heavy atom. The molecule has 1 aromatic heterocycles. The number of fused-ring (bicyclic) bond motifs is 1. The third kappa shape index (κ3) is 2.14. The third-order valence-corrected chi connectivity index (χ3v) is 4.20. The fourth-order valence-electron chi connectivity index (χ4n) is 2.66. The highest BCUT2D eigenvalue weighted by atomic mass is 16.5. The molecule has 0 bridgehead atoms. The van der Waals surface area contributed by atoms with Crippen LogP contribution in [0.5, 0.6) is 0 Å². The second kappa shape index (κ2) is 4.83. The number of carbonyl (C=O) groups is 1. The summed E-state index contributed by atoms with van der Waals surface area (Å²) in [5.74, 6) is -0.121. The van der Waals surface area contributed by atoms with E-state index < -0.39 is 0 Å². The van der Waals surface area contributed by atoms with Crippen molar-refractivity contribution in [1.29, 1.82) is 0 Å². The standard InChI is InChI=1S/C15H19N3O2/c1-20-15(6-3-7-15)9-17-14(19)12-8-10-4-2-5-11(16)13(10)18-12/h2,4-5,8,18H,3,6-7,9,16H2,1H3,(H,17,19). The monoisotopic (exact) mass is 273 g/mol. The Labute approximate surface area is 117 Å². The van der Waals surface area contributed by atoms with Gasteiger partial charge < -0.3 is 20.8 Å². The lowest BCUT2D eigenvalue weighted by molar-refractivity contribution is -0.0679. The van der Waals surface area contributed by atoms with Gasteiger partial charge in [0.2, 0.25) is 0 Å². The summed E-state index contributed by atoms with van der Waals surface area (Å²) in [6.07, 6.45) is 3.17. The zero-order valence-corrected chi connectivity index (χ0v) is 11.5. The van der Waals surface area contributed by atoms with E-state index in [1.54, 1.807) is 7.11 Å². The van der Waals surface area contributed by atoms with E-state index >= 15 is 0 Å². The number of para-hydroxylation sites is 1. The number of nitrogens with two attached hydrogens (primary N) is 1. The average Bonchev–Trinajstić information content (AvgIpc) is 2.83. The van der Waals surface area contributed by atoms with Gasteiger partial charge in [0, 0.05) is 19.0 Å². The molecule has 20 heavy (non-hydrogen) atoms. The van der Waals surface area contributed by atoms with Crippen LogP contribution in [-0.2, 0) is 4.74 Å². The third-order valence-electron chi connectivity index (χ3n) is 4.20. The summed E-state index contributed by atoms with van der Waals surface area (Å²) in [7, 11) is 1.70. The molecule has 1 aliphatic rings. The maximum atomic E-state index is 12.2. The van der Waals surface area contributed by atoms with Crippen LogP contribution in [0.1, 0.15) is 29.8 Å². The number of carbonyl (C=O) groups excluding carboxylic acids is 1. The molecule has 106 valence electrons. The summed E-state index contributed by atoms with van der Waals surface area (Å²) in [6.45, 7) is 0.549. The molecule has 2 aromatic rings. The number of nitrogens with one attached hydrogen (secondary N) is 2. The van der Waals surface area contributed by atoms with Crippen molar-refractivity contribution in [2.24, 2.45) is 0 Å². The molecule has 5 nitrogen and oxygen atoms in total. The van der Waals surface area contributed by atoms with Gasteiger partial charge in [-0.15, -0.1) is 0 Å². The van der Waals surface area contributed by atoms with Crippen molar-refractivity contribution in [2.45, 2.75) is 24.9 Å². The van der Waals surface area contributed by atoms with Crippen molar-refractivity contribution < 1.29 is 9.53 Å². The van der Waals surface area contributed by atoms with E-state index in [2.05, 4.69) is 10.3 Å². The number of hydrogen-bond donors (Lipinski definition) is 3. The lowest BCUT2D eigenvalue weighted by Crippen LogP contribution is -2.49. The highest BCUT2D eigenvalue weighted by Gasteiger charge is 2.37. The molecule has 0 unspecified atom stereocenters. The molecule has 1 saturated carbocycles. The van der Waals surface area contributed by atoms with Crippen LogP contribution in [0.25, 0.3) is 10.9 Å². The summed E-state index contributed by atoms with van der Waals surface area (Å²) in [6, 6.07) is 7.44. The molecule has 0 spiro atoms.